The number of phenolic OH excluding ortho intramolecular Hbond substituents is 1. The first kappa shape index (κ1) is 18.4. The predicted octanol–water partition coefficient (Wildman–Crippen LogP) is 4.98. The second kappa shape index (κ2) is 7.59. The lowest BCUT2D eigenvalue weighted by Crippen LogP contribution is -2.06. The molecule has 0 aliphatic carbocycles. The second-order valence-electron chi connectivity index (χ2n) is 6.28. The van der Waals surface area contributed by atoms with E-state index in [1.807, 2.05) is 0 Å². The largest absolute Gasteiger partial charge is 0.508 e. The zero-order valence-electron chi connectivity index (χ0n) is 15.8. The first-order valence-electron chi connectivity index (χ1n) is 8.85. The average molecular weight is 390 g/mol. The number of aromatic hydroxyl groups is 1. The van der Waals surface area contributed by atoms with Crippen molar-refractivity contribution in [2.45, 2.75) is 0 Å². The van der Waals surface area contributed by atoms with Gasteiger partial charge in [0.2, 0.25) is 5.75 Å². The van der Waals surface area contributed by atoms with Crippen LogP contribution >= 0.6 is 0 Å². The summed E-state index contributed by atoms with van der Waals surface area (Å²) in [5, 5.41) is 10.3. The smallest absolute Gasteiger partial charge is 0.380 e. The molecular formula is C23H18O6. The molecule has 1 aromatic heterocycles. The lowest BCUT2D eigenvalue weighted by Gasteiger charge is -2.13. The fourth-order valence-electron chi connectivity index (χ4n) is 3.06. The van der Waals surface area contributed by atoms with Crippen LogP contribution in [0.25, 0.3) is 22.1 Å². The van der Waals surface area contributed by atoms with Crippen molar-refractivity contribution in [2.24, 2.45) is 0 Å². The molecule has 0 bridgehead atoms. The molecule has 1 N–H and O–H groups in total. The van der Waals surface area contributed by atoms with E-state index < -0.39 is 5.63 Å². The average Bonchev–Trinajstić information content (AvgIpc) is 2.75. The Balaban J connectivity index is 1.93. The minimum Gasteiger partial charge on any atom is -0.508 e. The molecule has 0 unspecified atom stereocenters. The summed E-state index contributed by atoms with van der Waals surface area (Å²) < 4.78 is 21.8. The fourth-order valence-corrected chi connectivity index (χ4v) is 3.06. The van der Waals surface area contributed by atoms with Gasteiger partial charge in [-0.2, -0.15) is 0 Å². The number of hydrogen-bond donors (Lipinski definition) is 1. The summed E-state index contributed by atoms with van der Waals surface area (Å²) in [5.74, 6) is 1.89. The zero-order chi connectivity index (χ0) is 20.4. The third kappa shape index (κ3) is 3.60. The van der Waals surface area contributed by atoms with Gasteiger partial charge in [0.05, 0.1) is 14.2 Å². The lowest BCUT2D eigenvalue weighted by atomic mass is 10.0. The Labute approximate surface area is 166 Å². The maximum atomic E-state index is 12.8. The van der Waals surface area contributed by atoms with Gasteiger partial charge in [-0.25, -0.2) is 4.79 Å². The lowest BCUT2D eigenvalue weighted by molar-refractivity contribution is 0.409. The number of ether oxygens (including phenoxy) is 3. The summed E-state index contributed by atoms with van der Waals surface area (Å²) in [6.45, 7) is 0. The van der Waals surface area contributed by atoms with Gasteiger partial charge in [-0.1, -0.05) is 12.1 Å². The van der Waals surface area contributed by atoms with E-state index in [2.05, 4.69) is 0 Å². The van der Waals surface area contributed by atoms with E-state index in [1.54, 1.807) is 80.9 Å². The molecule has 29 heavy (non-hydrogen) atoms. The van der Waals surface area contributed by atoms with E-state index in [9.17, 15) is 9.90 Å². The van der Waals surface area contributed by atoms with Gasteiger partial charge in [-0.3, -0.25) is 0 Å². The standard InChI is InChI=1S/C23H18O6/c1-26-16-7-9-17(10-8-16)28-22-21(14-3-5-15(24)6-4-14)19-12-11-18(27-2)13-20(19)29-23(22)25/h3-13,24H,1-2H3. The van der Waals surface area contributed by atoms with Crippen LogP contribution in [0.3, 0.4) is 0 Å². The van der Waals surface area contributed by atoms with Crippen molar-refractivity contribution < 1.29 is 23.7 Å². The Morgan fingerprint density at radius 2 is 1.41 bits per heavy atom. The molecule has 146 valence electrons. The molecular weight excluding hydrogens is 372 g/mol. The number of rotatable bonds is 5. The Hall–Kier alpha value is -3.93. The predicted molar refractivity (Wildman–Crippen MR) is 109 cm³/mol. The highest BCUT2D eigenvalue weighted by Gasteiger charge is 2.19. The van der Waals surface area contributed by atoms with Crippen molar-refractivity contribution in [1.82, 2.24) is 0 Å². The number of methoxy groups -OCH3 is 2. The van der Waals surface area contributed by atoms with E-state index in [4.69, 9.17) is 18.6 Å². The quantitative estimate of drug-likeness (QED) is 0.485. The molecule has 0 spiro atoms. The summed E-state index contributed by atoms with van der Waals surface area (Å²) in [5.41, 5.74) is 1.02. The molecule has 0 fully saturated rings. The molecule has 6 nitrogen and oxygen atoms in total. The monoisotopic (exact) mass is 390 g/mol. The Morgan fingerprint density at radius 3 is 2.07 bits per heavy atom. The minimum atomic E-state index is -0.621. The first-order valence-corrected chi connectivity index (χ1v) is 8.85. The Kier molecular flexibility index (Phi) is 4.83. The van der Waals surface area contributed by atoms with Crippen molar-refractivity contribution >= 4 is 11.0 Å². The Morgan fingerprint density at radius 1 is 0.793 bits per heavy atom. The van der Waals surface area contributed by atoms with Gasteiger partial charge in [0.25, 0.3) is 0 Å². The van der Waals surface area contributed by atoms with Gasteiger partial charge in [-0.15, -0.1) is 0 Å². The summed E-state index contributed by atoms with van der Waals surface area (Å²) in [7, 11) is 3.12. The van der Waals surface area contributed by atoms with Crippen LogP contribution in [-0.4, -0.2) is 19.3 Å². The van der Waals surface area contributed by atoms with Crippen LogP contribution in [0.2, 0.25) is 0 Å². The molecule has 0 saturated carbocycles. The van der Waals surface area contributed by atoms with Gasteiger partial charge in [0.1, 0.15) is 28.6 Å². The summed E-state index contributed by atoms with van der Waals surface area (Å²) >= 11 is 0. The molecule has 0 aliphatic rings. The van der Waals surface area contributed by atoms with Crippen molar-refractivity contribution in [3.8, 4) is 39.9 Å². The van der Waals surface area contributed by atoms with Crippen molar-refractivity contribution in [1.29, 1.82) is 0 Å². The molecule has 0 radical (unpaired) electrons. The maximum Gasteiger partial charge on any atom is 0.380 e. The van der Waals surface area contributed by atoms with Gasteiger partial charge in [0, 0.05) is 17.0 Å². The first-order chi connectivity index (χ1) is 14.1. The normalized spacial score (nSPS) is 10.7. The molecule has 6 heteroatoms. The third-order valence-electron chi connectivity index (χ3n) is 4.51. The molecule has 1 heterocycles. The highest BCUT2D eigenvalue weighted by Crippen LogP contribution is 2.38. The fraction of sp³-hybridized carbons (Fsp3) is 0.0870. The highest BCUT2D eigenvalue weighted by molar-refractivity contribution is 5.97. The third-order valence-corrected chi connectivity index (χ3v) is 4.51. The van der Waals surface area contributed by atoms with Crippen LogP contribution in [0.4, 0.5) is 0 Å². The van der Waals surface area contributed by atoms with Crippen LogP contribution in [0.1, 0.15) is 0 Å². The SMILES string of the molecule is COc1ccc(Oc2c(-c3ccc(O)cc3)c3ccc(OC)cc3oc2=O)cc1. The second-order valence-corrected chi connectivity index (χ2v) is 6.28. The molecule has 0 aliphatic heterocycles. The number of phenols is 1. The molecule has 3 aromatic carbocycles. The van der Waals surface area contributed by atoms with Crippen molar-refractivity contribution in [2.75, 3.05) is 14.2 Å². The van der Waals surface area contributed by atoms with E-state index in [0.29, 0.717) is 39.3 Å². The van der Waals surface area contributed by atoms with Crippen molar-refractivity contribution in [3.05, 3.63) is 77.2 Å². The van der Waals surface area contributed by atoms with Crippen molar-refractivity contribution in [3.63, 3.8) is 0 Å². The zero-order valence-corrected chi connectivity index (χ0v) is 15.8. The summed E-state index contributed by atoms with van der Waals surface area (Å²) in [6, 6.07) is 18.7. The topological polar surface area (TPSA) is 78.1 Å². The van der Waals surface area contributed by atoms with Crippen LogP contribution in [0.15, 0.2) is 75.9 Å². The van der Waals surface area contributed by atoms with Gasteiger partial charge >= 0.3 is 5.63 Å². The van der Waals surface area contributed by atoms with Gasteiger partial charge < -0.3 is 23.7 Å². The number of hydrogen-bond acceptors (Lipinski definition) is 6. The number of fused-ring (bicyclic) bond motifs is 1. The van der Waals surface area contributed by atoms with Crippen LogP contribution in [0.5, 0.6) is 28.7 Å². The van der Waals surface area contributed by atoms with Gasteiger partial charge in [-0.05, 0) is 54.1 Å². The summed E-state index contributed by atoms with van der Waals surface area (Å²) in [6.07, 6.45) is 0. The molecule has 0 amide bonds. The van der Waals surface area contributed by atoms with Crippen LogP contribution in [0, 0.1) is 0 Å². The maximum absolute atomic E-state index is 12.8. The highest BCUT2D eigenvalue weighted by atomic mass is 16.5. The summed E-state index contributed by atoms with van der Waals surface area (Å²) in [4.78, 5) is 12.8. The van der Waals surface area contributed by atoms with Crippen LogP contribution in [-0.2, 0) is 0 Å². The van der Waals surface area contributed by atoms with E-state index >= 15 is 0 Å². The van der Waals surface area contributed by atoms with E-state index in [-0.39, 0.29) is 11.5 Å². The van der Waals surface area contributed by atoms with Crippen LogP contribution < -0.4 is 19.8 Å². The van der Waals surface area contributed by atoms with Gasteiger partial charge in [0.15, 0.2) is 0 Å². The Bertz CT molecular complexity index is 1210. The minimum absolute atomic E-state index is 0.0542. The van der Waals surface area contributed by atoms with E-state index in [1.165, 1.54) is 0 Å². The molecule has 4 rings (SSSR count). The number of benzene rings is 3. The molecule has 4 aromatic rings. The van der Waals surface area contributed by atoms with E-state index in [0.717, 1.165) is 0 Å². The molecule has 0 atom stereocenters. The molecule has 0 saturated heterocycles.